The van der Waals surface area contributed by atoms with Gasteiger partial charge in [0.05, 0.1) is 6.61 Å². The molecule has 0 amide bonds. The van der Waals surface area contributed by atoms with Gasteiger partial charge in [-0.25, -0.2) is 0 Å². The van der Waals surface area contributed by atoms with E-state index in [1.807, 2.05) is 0 Å². The molecule has 1 atom stereocenters. The fraction of sp³-hybridized carbons (Fsp3) is 1.00. The van der Waals surface area contributed by atoms with E-state index in [9.17, 15) is 26.3 Å². The summed E-state index contributed by atoms with van der Waals surface area (Å²) in [6, 6.07) is -0.484. The lowest BCUT2D eigenvalue weighted by molar-refractivity contribution is -0.323. The summed E-state index contributed by atoms with van der Waals surface area (Å²) in [5, 5.41) is 2.77. The van der Waals surface area contributed by atoms with E-state index in [4.69, 9.17) is 0 Å². The molecule has 1 rings (SSSR count). The molecule has 1 aliphatic carbocycles. The molecule has 1 unspecified atom stereocenters. The van der Waals surface area contributed by atoms with Crippen LogP contribution in [0.3, 0.4) is 0 Å². The van der Waals surface area contributed by atoms with Gasteiger partial charge < -0.3 is 10.1 Å². The van der Waals surface area contributed by atoms with Gasteiger partial charge in [-0.2, -0.15) is 26.3 Å². The Hall–Kier alpha value is -0.500. The quantitative estimate of drug-likeness (QED) is 0.783. The van der Waals surface area contributed by atoms with Crippen LogP contribution in [0.15, 0.2) is 0 Å². The van der Waals surface area contributed by atoms with Gasteiger partial charge in [0.25, 0.3) is 0 Å². The lowest BCUT2D eigenvalue weighted by Crippen LogP contribution is -2.48. The van der Waals surface area contributed by atoms with E-state index in [1.54, 1.807) is 0 Å². The fourth-order valence-corrected chi connectivity index (χ4v) is 2.57. The molecule has 0 aliphatic heterocycles. The molecule has 0 bridgehead atoms. The SMILES string of the molecule is CNC(COC(C(F)(F)F)C(F)(F)F)C1CCCCC1. The summed E-state index contributed by atoms with van der Waals surface area (Å²) in [5.41, 5.74) is 0. The molecule has 2 nitrogen and oxygen atoms in total. The molecule has 1 N–H and O–H groups in total. The normalized spacial score (nSPS) is 20.4. The molecule has 1 fully saturated rings. The molecule has 0 heterocycles. The summed E-state index contributed by atoms with van der Waals surface area (Å²) in [4.78, 5) is 0. The highest BCUT2D eigenvalue weighted by molar-refractivity contribution is 4.81. The molecule has 0 radical (unpaired) electrons. The minimum absolute atomic E-state index is 0.0656. The summed E-state index contributed by atoms with van der Waals surface area (Å²) >= 11 is 0. The van der Waals surface area contributed by atoms with E-state index in [-0.39, 0.29) is 5.92 Å². The first kappa shape index (κ1) is 17.6. The van der Waals surface area contributed by atoms with Crippen molar-refractivity contribution in [1.29, 1.82) is 0 Å². The summed E-state index contributed by atoms with van der Waals surface area (Å²) in [5.74, 6) is 0.0656. The molecule has 0 saturated heterocycles. The lowest BCUT2D eigenvalue weighted by Gasteiger charge is -2.32. The Balaban J connectivity index is 2.60. The minimum atomic E-state index is -5.44. The second kappa shape index (κ2) is 6.98. The zero-order valence-electron chi connectivity index (χ0n) is 11.2. The van der Waals surface area contributed by atoms with E-state index in [0.29, 0.717) is 0 Å². The van der Waals surface area contributed by atoms with E-state index in [0.717, 1.165) is 32.1 Å². The monoisotopic (exact) mass is 307 g/mol. The van der Waals surface area contributed by atoms with Crippen LogP contribution in [0.2, 0.25) is 0 Å². The molecule has 1 aliphatic rings. The zero-order chi connectivity index (χ0) is 15.4. The Kier molecular flexibility index (Phi) is 6.12. The van der Waals surface area contributed by atoms with Crippen LogP contribution in [0.5, 0.6) is 0 Å². The zero-order valence-corrected chi connectivity index (χ0v) is 11.2. The Labute approximate surface area is 113 Å². The molecule has 20 heavy (non-hydrogen) atoms. The van der Waals surface area contributed by atoms with Crippen molar-refractivity contribution in [1.82, 2.24) is 5.32 Å². The molecular weight excluding hydrogens is 288 g/mol. The molecule has 0 aromatic heterocycles. The van der Waals surface area contributed by atoms with Crippen molar-refractivity contribution in [2.75, 3.05) is 13.7 Å². The lowest BCUT2D eigenvalue weighted by atomic mass is 9.84. The highest BCUT2D eigenvalue weighted by Gasteiger charge is 2.58. The highest BCUT2D eigenvalue weighted by Crippen LogP contribution is 2.36. The van der Waals surface area contributed by atoms with Crippen molar-refractivity contribution in [2.24, 2.45) is 5.92 Å². The molecular formula is C12H19F6NO. The third kappa shape index (κ3) is 5.12. The van der Waals surface area contributed by atoms with E-state index in [2.05, 4.69) is 10.1 Å². The first-order valence-corrected chi connectivity index (χ1v) is 6.58. The van der Waals surface area contributed by atoms with Gasteiger partial charge in [0, 0.05) is 6.04 Å². The van der Waals surface area contributed by atoms with Crippen molar-refractivity contribution < 1.29 is 31.1 Å². The van der Waals surface area contributed by atoms with Gasteiger partial charge in [-0.1, -0.05) is 19.3 Å². The number of likely N-dealkylation sites (N-methyl/N-ethyl adjacent to an activating group) is 1. The third-order valence-electron chi connectivity index (χ3n) is 3.63. The van der Waals surface area contributed by atoms with Gasteiger partial charge >= 0.3 is 12.4 Å². The number of hydrogen-bond donors (Lipinski definition) is 1. The molecule has 8 heteroatoms. The number of nitrogens with one attached hydrogen (secondary N) is 1. The van der Waals surface area contributed by atoms with Crippen molar-refractivity contribution >= 4 is 0 Å². The van der Waals surface area contributed by atoms with Crippen molar-refractivity contribution in [3.8, 4) is 0 Å². The maximum atomic E-state index is 12.3. The third-order valence-corrected chi connectivity index (χ3v) is 3.63. The second-order valence-electron chi connectivity index (χ2n) is 5.09. The molecule has 0 spiro atoms. The number of ether oxygens (including phenoxy) is 1. The maximum Gasteiger partial charge on any atom is 0.423 e. The van der Waals surface area contributed by atoms with Gasteiger partial charge in [-0.3, -0.25) is 0 Å². The Morgan fingerprint density at radius 3 is 1.90 bits per heavy atom. The van der Waals surface area contributed by atoms with Gasteiger partial charge in [-0.05, 0) is 25.8 Å². The first-order chi connectivity index (χ1) is 9.16. The van der Waals surface area contributed by atoms with Crippen LogP contribution < -0.4 is 5.32 Å². The van der Waals surface area contributed by atoms with E-state index < -0.39 is 31.1 Å². The summed E-state index contributed by atoms with van der Waals surface area (Å²) < 4.78 is 78.2. The fourth-order valence-electron chi connectivity index (χ4n) is 2.57. The molecule has 0 aromatic rings. The predicted octanol–water partition coefficient (Wildman–Crippen LogP) is 3.66. The van der Waals surface area contributed by atoms with Crippen LogP contribution in [0, 0.1) is 5.92 Å². The first-order valence-electron chi connectivity index (χ1n) is 6.58. The largest absolute Gasteiger partial charge is 0.423 e. The van der Waals surface area contributed by atoms with Crippen molar-refractivity contribution in [3.63, 3.8) is 0 Å². The van der Waals surface area contributed by atoms with Gasteiger partial charge in [0.15, 0.2) is 0 Å². The van der Waals surface area contributed by atoms with Gasteiger partial charge in [0.2, 0.25) is 6.10 Å². The van der Waals surface area contributed by atoms with Crippen molar-refractivity contribution in [3.05, 3.63) is 0 Å². The van der Waals surface area contributed by atoms with Crippen LogP contribution in [-0.2, 0) is 4.74 Å². The van der Waals surface area contributed by atoms with Gasteiger partial charge in [-0.15, -0.1) is 0 Å². The van der Waals surface area contributed by atoms with Crippen LogP contribution in [0.25, 0.3) is 0 Å². The Morgan fingerprint density at radius 1 is 1.00 bits per heavy atom. The van der Waals surface area contributed by atoms with E-state index >= 15 is 0 Å². The Morgan fingerprint density at radius 2 is 1.50 bits per heavy atom. The molecule has 0 aromatic carbocycles. The summed E-state index contributed by atoms with van der Waals surface area (Å²) in [6.45, 7) is -0.592. The minimum Gasteiger partial charge on any atom is -0.359 e. The average molecular weight is 307 g/mol. The molecule has 1 saturated carbocycles. The summed E-state index contributed by atoms with van der Waals surface area (Å²) in [6.07, 6.45) is -10.0. The number of rotatable bonds is 5. The smallest absolute Gasteiger partial charge is 0.359 e. The maximum absolute atomic E-state index is 12.3. The van der Waals surface area contributed by atoms with E-state index in [1.165, 1.54) is 7.05 Å². The standard InChI is InChI=1S/C12H19F6NO/c1-19-9(8-5-3-2-4-6-8)7-20-10(11(13,14)15)12(16,17)18/h8-10,19H,2-7H2,1H3. The predicted molar refractivity (Wildman–Crippen MR) is 61.3 cm³/mol. The Bertz CT molecular complexity index is 271. The van der Waals surface area contributed by atoms with Crippen LogP contribution in [-0.4, -0.2) is 38.2 Å². The van der Waals surface area contributed by atoms with Crippen LogP contribution >= 0.6 is 0 Å². The van der Waals surface area contributed by atoms with Crippen LogP contribution in [0.4, 0.5) is 26.3 Å². The summed E-state index contributed by atoms with van der Waals surface area (Å²) in [7, 11) is 1.53. The number of hydrogen-bond acceptors (Lipinski definition) is 2. The van der Waals surface area contributed by atoms with Crippen LogP contribution in [0.1, 0.15) is 32.1 Å². The highest BCUT2D eigenvalue weighted by atomic mass is 19.4. The number of halogens is 6. The molecule has 120 valence electrons. The second-order valence-corrected chi connectivity index (χ2v) is 5.09. The average Bonchev–Trinajstić information content (AvgIpc) is 2.32. The van der Waals surface area contributed by atoms with Crippen molar-refractivity contribution in [2.45, 2.75) is 56.6 Å². The topological polar surface area (TPSA) is 21.3 Å². The van der Waals surface area contributed by atoms with Gasteiger partial charge in [0.1, 0.15) is 0 Å². The number of alkyl halides is 6.